The van der Waals surface area contributed by atoms with E-state index in [0.717, 1.165) is 19.3 Å². The van der Waals surface area contributed by atoms with Gasteiger partial charge in [0.05, 0.1) is 5.60 Å². The van der Waals surface area contributed by atoms with Gasteiger partial charge in [0, 0.05) is 11.0 Å². The number of aliphatic hydroxyl groups is 1. The zero-order valence-electron chi connectivity index (χ0n) is 9.64. The highest BCUT2D eigenvalue weighted by molar-refractivity contribution is 5.73. The molecule has 0 amide bonds. The van der Waals surface area contributed by atoms with Gasteiger partial charge in [-0.2, -0.15) is 13.2 Å². The number of alkyl halides is 3. The molecule has 3 saturated carbocycles. The van der Waals surface area contributed by atoms with Crippen molar-refractivity contribution in [3.63, 3.8) is 0 Å². The van der Waals surface area contributed by atoms with Crippen molar-refractivity contribution in [3.05, 3.63) is 0 Å². The molecule has 0 atom stereocenters. The van der Waals surface area contributed by atoms with Crippen molar-refractivity contribution < 1.29 is 28.2 Å². The molecule has 0 aromatic heterocycles. The lowest BCUT2D eigenvalue weighted by atomic mass is 9.35. The summed E-state index contributed by atoms with van der Waals surface area (Å²) in [5.41, 5.74) is 5.67. The number of rotatable bonds is 1. The van der Waals surface area contributed by atoms with Crippen LogP contribution in [0.2, 0.25) is 0 Å². The van der Waals surface area contributed by atoms with Crippen LogP contribution in [0.15, 0.2) is 0 Å². The van der Waals surface area contributed by atoms with Crippen molar-refractivity contribution in [2.45, 2.75) is 50.4 Å². The number of halogens is 3. The topological polar surface area (TPSA) is 83.5 Å². The van der Waals surface area contributed by atoms with Gasteiger partial charge in [-0.25, -0.2) is 4.79 Å². The first-order valence-electron chi connectivity index (χ1n) is 5.13. The zero-order chi connectivity index (χ0) is 13.7. The molecule has 3 aliphatic rings. The molecule has 3 fully saturated rings. The number of hydrogen-bond acceptors (Lipinski definition) is 3. The second kappa shape index (κ2) is 3.58. The third-order valence-corrected chi connectivity index (χ3v) is 3.61. The SMILES string of the molecule is CC(C)(O)C12CC(N)(C1)C2.O=C(O)C(F)(F)F. The largest absolute Gasteiger partial charge is 0.490 e. The molecule has 0 aromatic rings. The predicted octanol–water partition coefficient (Wildman–Crippen LogP) is 1.27. The van der Waals surface area contributed by atoms with Crippen LogP contribution in [0.4, 0.5) is 13.2 Å². The third kappa shape index (κ3) is 2.55. The smallest absolute Gasteiger partial charge is 0.475 e. The van der Waals surface area contributed by atoms with Gasteiger partial charge >= 0.3 is 12.1 Å². The maximum absolute atomic E-state index is 10.6. The average Bonchev–Trinajstić information content (AvgIpc) is 1.94. The van der Waals surface area contributed by atoms with Gasteiger partial charge in [0.25, 0.3) is 0 Å². The van der Waals surface area contributed by atoms with Gasteiger partial charge in [-0.3, -0.25) is 0 Å². The predicted molar refractivity (Wildman–Crippen MR) is 53.2 cm³/mol. The molecule has 0 spiro atoms. The minimum Gasteiger partial charge on any atom is -0.475 e. The van der Waals surface area contributed by atoms with Crippen LogP contribution in [-0.2, 0) is 4.79 Å². The summed E-state index contributed by atoms with van der Waals surface area (Å²) in [4.78, 5) is 8.90. The number of carboxylic acid groups (broad SMARTS) is 1. The molecule has 4 nitrogen and oxygen atoms in total. The number of hydrogen-bond donors (Lipinski definition) is 3. The van der Waals surface area contributed by atoms with Gasteiger partial charge in [0.2, 0.25) is 0 Å². The summed E-state index contributed by atoms with van der Waals surface area (Å²) in [7, 11) is 0. The summed E-state index contributed by atoms with van der Waals surface area (Å²) in [5.74, 6) is -2.76. The molecule has 0 aliphatic heterocycles. The molecule has 0 radical (unpaired) electrons. The molecule has 0 aromatic carbocycles. The Bertz CT molecular complexity index is 313. The standard InChI is InChI=1S/C8H15NO.C2HF3O2/c1-6(2,10)7-3-8(9,4-7)5-7;3-2(4,5)1(6)7/h10H,3-5,9H2,1-2H3;(H,6,7). The summed E-state index contributed by atoms with van der Waals surface area (Å²) < 4.78 is 31.7. The van der Waals surface area contributed by atoms with E-state index in [1.54, 1.807) is 0 Å². The fourth-order valence-electron chi connectivity index (χ4n) is 2.52. The van der Waals surface area contributed by atoms with Crippen LogP contribution in [0, 0.1) is 5.41 Å². The lowest BCUT2D eigenvalue weighted by Gasteiger charge is -2.73. The summed E-state index contributed by atoms with van der Waals surface area (Å²) in [6.45, 7) is 3.79. The minimum absolute atomic E-state index is 0.125. The molecule has 100 valence electrons. The van der Waals surface area contributed by atoms with Gasteiger partial charge in [-0.05, 0) is 33.1 Å². The molecule has 0 unspecified atom stereocenters. The van der Waals surface area contributed by atoms with Crippen LogP contribution in [-0.4, -0.2) is 33.5 Å². The maximum atomic E-state index is 10.6. The van der Waals surface area contributed by atoms with Gasteiger partial charge in [0.1, 0.15) is 0 Å². The Labute approximate surface area is 96.6 Å². The Morgan fingerprint density at radius 3 is 1.59 bits per heavy atom. The zero-order valence-corrected chi connectivity index (χ0v) is 9.64. The average molecular weight is 255 g/mol. The van der Waals surface area contributed by atoms with Gasteiger partial charge < -0.3 is 15.9 Å². The lowest BCUT2D eigenvalue weighted by Crippen LogP contribution is -2.78. The molecule has 0 saturated heterocycles. The minimum atomic E-state index is -5.08. The Kier molecular flexibility index (Phi) is 3.00. The normalized spacial score (nSPS) is 35.0. The molecule has 7 heteroatoms. The van der Waals surface area contributed by atoms with E-state index in [4.69, 9.17) is 15.6 Å². The van der Waals surface area contributed by atoms with Gasteiger partial charge in [-0.15, -0.1) is 0 Å². The Hall–Kier alpha value is -0.820. The fraction of sp³-hybridized carbons (Fsp3) is 0.900. The quantitative estimate of drug-likeness (QED) is 0.659. The summed E-state index contributed by atoms with van der Waals surface area (Å²) in [6.07, 6.45) is -1.99. The lowest BCUT2D eigenvalue weighted by molar-refractivity contribution is -0.238. The van der Waals surface area contributed by atoms with E-state index in [9.17, 15) is 18.3 Å². The Morgan fingerprint density at radius 2 is 1.53 bits per heavy atom. The van der Waals surface area contributed by atoms with E-state index >= 15 is 0 Å². The van der Waals surface area contributed by atoms with E-state index in [1.807, 2.05) is 13.8 Å². The van der Waals surface area contributed by atoms with Crippen molar-refractivity contribution in [1.82, 2.24) is 0 Å². The molecule has 0 heterocycles. The summed E-state index contributed by atoms with van der Waals surface area (Å²) in [6, 6.07) is 0. The second-order valence-corrected chi connectivity index (χ2v) is 5.53. The summed E-state index contributed by atoms with van der Waals surface area (Å²) >= 11 is 0. The molecule has 3 rings (SSSR count). The van der Waals surface area contributed by atoms with Crippen LogP contribution >= 0.6 is 0 Å². The molecular weight excluding hydrogens is 239 g/mol. The number of carbonyl (C=O) groups is 1. The van der Waals surface area contributed by atoms with Crippen LogP contribution in [0.25, 0.3) is 0 Å². The van der Waals surface area contributed by atoms with Crippen molar-refractivity contribution >= 4 is 5.97 Å². The van der Waals surface area contributed by atoms with E-state index in [2.05, 4.69) is 0 Å². The van der Waals surface area contributed by atoms with Gasteiger partial charge in [-0.1, -0.05) is 0 Å². The maximum Gasteiger partial charge on any atom is 0.490 e. The van der Waals surface area contributed by atoms with E-state index in [1.165, 1.54) is 0 Å². The second-order valence-electron chi connectivity index (χ2n) is 5.53. The first kappa shape index (κ1) is 14.2. The third-order valence-electron chi connectivity index (χ3n) is 3.61. The van der Waals surface area contributed by atoms with E-state index in [-0.39, 0.29) is 11.0 Å². The molecule has 4 N–H and O–H groups in total. The van der Waals surface area contributed by atoms with E-state index < -0.39 is 17.7 Å². The van der Waals surface area contributed by atoms with Crippen molar-refractivity contribution in [2.75, 3.05) is 0 Å². The highest BCUT2D eigenvalue weighted by Gasteiger charge is 2.71. The molecular formula is C10H16F3NO3. The molecule has 2 bridgehead atoms. The Balaban J connectivity index is 0.000000185. The van der Waals surface area contributed by atoms with Crippen LogP contribution in [0.1, 0.15) is 33.1 Å². The van der Waals surface area contributed by atoms with Crippen LogP contribution in [0.3, 0.4) is 0 Å². The van der Waals surface area contributed by atoms with Crippen molar-refractivity contribution in [2.24, 2.45) is 11.1 Å². The fourth-order valence-corrected chi connectivity index (χ4v) is 2.52. The first-order chi connectivity index (χ1) is 7.31. The number of carboxylic acids is 1. The van der Waals surface area contributed by atoms with E-state index in [0.29, 0.717) is 0 Å². The Morgan fingerprint density at radius 1 is 1.24 bits per heavy atom. The monoisotopic (exact) mass is 255 g/mol. The van der Waals surface area contributed by atoms with Crippen LogP contribution in [0.5, 0.6) is 0 Å². The molecule has 3 aliphatic carbocycles. The highest BCUT2D eigenvalue weighted by atomic mass is 19.4. The van der Waals surface area contributed by atoms with Crippen molar-refractivity contribution in [1.29, 1.82) is 0 Å². The van der Waals surface area contributed by atoms with Gasteiger partial charge in [0.15, 0.2) is 0 Å². The molecule has 17 heavy (non-hydrogen) atoms. The number of aliphatic carboxylic acids is 1. The van der Waals surface area contributed by atoms with Crippen LogP contribution < -0.4 is 5.73 Å². The number of nitrogens with two attached hydrogens (primary N) is 1. The summed E-state index contributed by atoms with van der Waals surface area (Å²) in [5, 5.41) is 16.8. The highest BCUT2D eigenvalue weighted by Crippen LogP contribution is 2.70. The first-order valence-corrected chi connectivity index (χ1v) is 5.13. The van der Waals surface area contributed by atoms with Crippen molar-refractivity contribution in [3.8, 4) is 0 Å².